The number of methoxy groups -OCH3 is 1. The Morgan fingerprint density at radius 1 is 1.21 bits per heavy atom. The van der Waals surface area contributed by atoms with E-state index in [4.69, 9.17) is 4.74 Å². The summed E-state index contributed by atoms with van der Waals surface area (Å²) < 4.78 is 6.26. The van der Waals surface area contributed by atoms with Crippen LogP contribution >= 0.6 is 22.6 Å². The van der Waals surface area contributed by atoms with Crippen molar-refractivity contribution >= 4 is 22.6 Å². The van der Waals surface area contributed by atoms with Gasteiger partial charge in [0.05, 0.1) is 7.11 Å². The number of nitrogens with one attached hydrogen (secondary N) is 1. The Labute approximate surface area is 99.2 Å². The van der Waals surface area contributed by atoms with Crippen molar-refractivity contribution < 1.29 is 4.74 Å². The molecule has 1 rings (SSSR count). The van der Waals surface area contributed by atoms with Crippen molar-refractivity contribution in [1.82, 2.24) is 5.32 Å². The zero-order valence-corrected chi connectivity index (χ0v) is 10.6. The van der Waals surface area contributed by atoms with Crippen molar-refractivity contribution in [2.24, 2.45) is 0 Å². The number of ether oxygens (including phenoxy) is 1. The van der Waals surface area contributed by atoms with Crippen molar-refractivity contribution in [3.63, 3.8) is 0 Å². The standard InChI is InChI=1S/C11H16INO/c1-14-11-4-2-10(3-5-11)6-8-13-9-7-12/h2-5,13H,6-9H2,1H3. The summed E-state index contributed by atoms with van der Waals surface area (Å²) in [6, 6.07) is 8.25. The van der Waals surface area contributed by atoms with Gasteiger partial charge in [0.15, 0.2) is 0 Å². The van der Waals surface area contributed by atoms with E-state index < -0.39 is 0 Å². The predicted octanol–water partition coefficient (Wildman–Crippen LogP) is 2.26. The quantitative estimate of drug-likeness (QED) is 0.494. The first kappa shape index (κ1) is 11.8. The molecule has 0 fully saturated rings. The SMILES string of the molecule is COc1ccc(CCNCCI)cc1. The van der Waals surface area contributed by atoms with E-state index in [2.05, 4.69) is 40.0 Å². The molecule has 0 radical (unpaired) electrons. The molecule has 78 valence electrons. The van der Waals surface area contributed by atoms with Gasteiger partial charge in [-0.1, -0.05) is 34.7 Å². The smallest absolute Gasteiger partial charge is 0.118 e. The number of hydrogen-bond acceptors (Lipinski definition) is 2. The molecule has 3 heteroatoms. The van der Waals surface area contributed by atoms with Gasteiger partial charge in [-0.2, -0.15) is 0 Å². The van der Waals surface area contributed by atoms with Gasteiger partial charge in [-0.05, 0) is 30.7 Å². The van der Waals surface area contributed by atoms with Crippen LogP contribution in [0.25, 0.3) is 0 Å². The fraction of sp³-hybridized carbons (Fsp3) is 0.455. The monoisotopic (exact) mass is 305 g/mol. The van der Waals surface area contributed by atoms with Crippen molar-refractivity contribution in [2.75, 3.05) is 24.6 Å². The van der Waals surface area contributed by atoms with E-state index in [0.717, 1.165) is 25.3 Å². The summed E-state index contributed by atoms with van der Waals surface area (Å²) in [5, 5.41) is 3.37. The van der Waals surface area contributed by atoms with E-state index in [1.807, 2.05) is 12.1 Å². The molecule has 2 nitrogen and oxygen atoms in total. The Balaban J connectivity index is 2.29. The Morgan fingerprint density at radius 2 is 1.93 bits per heavy atom. The van der Waals surface area contributed by atoms with Gasteiger partial charge in [0.1, 0.15) is 5.75 Å². The second kappa shape index (κ2) is 7.06. The highest BCUT2D eigenvalue weighted by molar-refractivity contribution is 14.1. The lowest BCUT2D eigenvalue weighted by molar-refractivity contribution is 0.414. The Morgan fingerprint density at radius 3 is 2.50 bits per heavy atom. The van der Waals surface area contributed by atoms with Crippen LogP contribution in [0.15, 0.2) is 24.3 Å². The summed E-state index contributed by atoms with van der Waals surface area (Å²) in [7, 11) is 1.69. The molecule has 0 aromatic heterocycles. The topological polar surface area (TPSA) is 21.3 Å². The molecule has 0 aliphatic rings. The third-order valence-electron chi connectivity index (χ3n) is 2.02. The molecule has 0 spiro atoms. The number of halogens is 1. The summed E-state index contributed by atoms with van der Waals surface area (Å²) in [5.41, 5.74) is 1.35. The molecule has 0 unspecified atom stereocenters. The Bertz CT molecular complexity index is 248. The van der Waals surface area contributed by atoms with Gasteiger partial charge in [-0.25, -0.2) is 0 Å². The minimum atomic E-state index is 0.925. The summed E-state index contributed by atoms with van der Waals surface area (Å²) in [5.74, 6) is 0.925. The van der Waals surface area contributed by atoms with Crippen molar-refractivity contribution in [2.45, 2.75) is 6.42 Å². The molecule has 0 saturated heterocycles. The van der Waals surface area contributed by atoms with Crippen LogP contribution in [-0.4, -0.2) is 24.6 Å². The molecule has 0 aliphatic carbocycles. The number of rotatable bonds is 6. The van der Waals surface area contributed by atoms with Gasteiger partial charge < -0.3 is 10.1 Å². The van der Waals surface area contributed by atoms with Crippen LogP contribution in [0.2, 0.25) is 0 Å². The van der Waals surface area contributed by atoms with Crippen LogP contribution in [0.4, 0.5) is 0 Å². The van der Waals surface area contributed by atoms with Crippen LogP contribution in [0.1, 0.15) is 5.56 Å². The second-order valence-electron chi connectivity index (χ2n) is 3.04. The fourth-order valence-electron chi connectivity index (χ4n) is 1.22. The van der Waals surface area contributed by atoms with Crippen LogP contribution in [0.5, 0.6) is 5.75 Å². The van der Waals surface area contributed by atoms with Gasteiger partial charge in [0, 0.05) is 11.0 Å². The summed E-state index contributed by atoms with van der Waals surface area (Å²) >= 11 is 2.37. The van der Waals surface area contributed by atoms with Crippen LogP contribution in [0.3, 0.4) is 0 Å². The molecule has 0 amide bonds. The van der Waals surface area contributed by atoms with E-state index in [9.17, 15) is 0 Å². The second-order valence-corrected chi connectivity index (χ2v) is 4.12. The van der Waals surface area contributed by atoms with Crippen molar-refractivity contribution in [3.05, 3.63) is 29.8 Å². The molecule has 0 aliphatic heterocycles. The predicted molar refractivity (Wildman–Crippen MR) is 68.5 cm³/mol. The van der Waals surface area contributed by atoms with Crippen LogP contribution in [-0.2, 0) is 6.42 Å². The van der Waals surface area contributed by atoms with E-state index in [1.165, 1.54) is 9.99 Å². The lowest BCUT2D eigenvalue weighted by atomic mass is 10.1. The highest BCUT2D eigenvalue weighted by Gasteiger charge is 1.93. The summed E-state index contributed by atoms with van der Waals surface area (Å²) in [4.78, 5) is 0. The minimum Gasteiger partial charge on any atom is -0.497 e. The van der Waals surface area contributed by atoms with Gasteiger partial charge in [-0.15, -0.1) is 0 Å². The van der Waals surface area contributed by atoms with Crippen molar-refractivity contribution in [3.8, 4) is 5.75 Å². The molecule has 0 atom stereocenters. The molecule has 0 saturated carbocycles. The molecule has 1 N–H and O–H groups in total. The minimum absolute atomic E-state index is 0.925. The molecular weight excluding hydrogens is 289 g/mol. The zero-order chi connectivity index (χ0) is 10.2. The fourth-order valence-corrected chi connectivity index (χ4v) is 1.60. The molecule has 0 bridgehead atoms. The van der Waals surface area contributed by atoms with E-state index in [0.29, 0.717) is 0 Å². The Kier molecular flexibility index (Phi) is 5.94. The third kappa shape index (κ3) is 4.28. The van der Waals surface area contributed by atoms with E-state index in [1.54, 1.807) is 7.11 Å². The summed E-state index contributed by atoms with van der Waals surface area (Å²) in [6.45, 7) is 2.14. The first-order valence-corrected chi connectivity index (χ1v) is 6.29. The lowest BCUT2D eigenvalue weighted by Gasteiger charge is -2.04. The summed E-state index contributed by atoms with van der Waals surface area (Å²) in [6.07, 6.45) is 1.08. The van der Waals surface area contributed by atoms with E-state index >= 15 is 0 Å². The molecule has 0 heterocycles. The maximum atomic E-state index is 5.10. The Hall–Kier alpha value is -0.290. The largest absolute Gasteiger partial charge is 0.497 e. The van der Waals surface area contributed by atoms with E-state index in [-0.39, 0.29) is 0 Å². The number of hydrogen-bond donors (Lipinski definition) is 1. The maximum Gasteiger partial charge on any atom is 0.118 e. The third-order valence-corrected chi connectivity index (χ3v) is 2.56. The normalized spacial score (nSPS) is 10.1. The zero-order valence-electron chi connectivity index (χ0n) is 8.42. The number of alkyl halides is 1. The molecule has 1 aromatic carbocycles. The average Bonchev–Trinajstić information content (AvgIpc) is 2.25. The van der Waals surface area contributed by atoms with Gasteiger partial charge in [0.2, 0.25) is 0 Å². The maximum absolute atomic E-state index is 5.10. The highest BCUT2D eigenvalue weighted by Crippen LogP contribution is 2.11. The first-order valence-electron chi connectivity index (χ1n) is 4.76. The van der Waals surface area contributed by atoms with Gasteiger partial charge in [-0.3, -0.25) is 0 Å². The lowest BCUT2D eigenvalue weighted by Crippen LogP contribution is -2.19. The molecule has 14 heavy (non-hydrogen) atoms. The van der Waals surface area contributed by atoms with Crippen LogP contribution in [0, 0.1) is 0 Å². The number of benzene rings is 1. The highest BCUT2D eigenvalue weighted by atomic mass is 127. The molecule has 1 aromatic rings. The molecular formula is C11H16INO. The average molecular weight is 305 g/mol. The first-order chi connectivity index (χ1) is 6.86. The van der Waals surface area contributed by atoms with Gasteiger partial charge in [0.25, 0.3) is 0 Å². The van der Waals surface area contributed by atoms with Crippen LogP contribution < -0.4 is 10.1 Å². The van der Waals surface area contributed by atoms with Crippen molar-refractivity contribution in [1.29, 1.82) is 0 Å². The van der Waals surface area contributed by atoms with Gasteiger partial charge >= 0.3 is 0 Å².